The SMILES string of the molecule is O=C(CCn1ccccc1=O)N1C[C@@H](O)[C@H](Oc2cccc(F)c2)C1. The van der Waals surface area contributed by atoms with E-state index < -0.39 is 18.0 Å². The largest absolute Gasteiger partial charge is 0.486 e. The number of nitrogens with zero attached hydrogens (tertiary/aromatic N) is 2. The average molecular weight is 346 g/mol. The molecule has 1 aromatic carbocycles. The van der Waals surface area contributed by atoms with Crippen molar-refractivity contribution in [1.82, 2.24) is 9.47 Å². The van der Waals surface area contributed by atoms with Crippen LogP contribution in [0.3, 0.4) is 0 Å². The Labute approximate surface area is 144 Å². The van der Waals surface area contributed by atoms with Gasteiger partial charge < -0.3 is 19.3 Å². The van der Waals surface area contributed by atoms with Crippen molar-refractivity contribution in [3.8, 4) is 5.75 Å². The monoisotopic (exact) mass is 346 g/mol. The number of aliphatic hydroxyl groups excluding tert-OH is 1. The van der Waals surface area contributed by atoms with Gasteiger partial charge in [-0.25, -0.2) is 4.39 Å². The summed E-state index contributed by atoms with van der Waals surface area (Å²) in [6.45, 7) is 0.656. The van der Waals surface area contributed by atoms with E-state index in [1.165, 1.54) is 33.7 Å². The fraction of sp³-hybridized carbons (Fsp3) is 0.333. The van der Waals surface area contributed by atoms with Crippen molar-refractivity contribution in [2.75, 3.05) is 13.1 Å². The summed E-state index contributed by atoms with van der Waals surface area (Å²) in [5, 5.41) is 10.1. The molecule has 2 heterocycles. The third kappa shape index (κ3) is 4.24. The van der Waals surface area contributed by atoms with E-state index in [1.807, 2.05) is 0 Å². The van der Waals surface area contributed by atoms with Crippen molar-refractivity contribution >= 4 is 5.91 Å². The summed E-state index contributed by atoms with van der Waals surface area (Å²) in [4.78, 5) is 25.4. The Balaban J connectivity index is 1.56. The second-order valence-electron chi connectivity index (χ2n) is 5.96. The van der Waals surface area contributed by atoms with Crippen LogP contribution in [0.5, 0.6) is 5.75 Å². The van der Waals surface area contributed by atoms with Gasteiger partial charge >= 0.3 is 0 Å². The fourth-order valence-corrected chi connectivity index (χ4v) is 2.81. The molecule has 1 saturated heterocycles. The van der Waals surface area contributed by atoms with Crippen molar-refractivity contribution in [2.45, 2.75) is 25.2 Å². The highest BCUT2D eigenvalue weighted by Gasteiger charge is 2.35. The molecule has 3 rings (SSSR count). The molecule has 6 nitrogen and oxygen atoms in total. The predicted octanol–water partition coefficient (Wildman–Crippen LogP) is 1.03. The Bertz CT molecular complexity index is 807. The number of aromatic nitrogens is 1. The van der Waals surface area contributed by atoms with E-state index in [9.17, 15) is 19.1 Å². The van der Waals surface area contributed by atoms with E-state index >= 15 is 0 Å². The molecule has 1 amide bonds. The standard InChI is InChI=1S/C18H19FN2O4/c19-13-4-3-5-14(10-13)25-16-12-21(11-15(16)22)18(24)7-9-20-8-2-1-6-17(20)23/h1-6,8,10,15-16,22H,7,9,11-12H2/t15-,16-/m1/s1. The Morgan fingerprint density at radius 2 is 2.08 bits per heavy atom. The lowest BCUT2D eigenvalue weighted by atomic mass is 10.2. The highest BCUT2D eigenvalue weighted by molar-refractivity contribution is 5.76. The molecule has 1 aliphatic rings. The van der Waals surface area contributed by atoms with Gasteiger partial charge in [0.15, 0.2) is 0 Å². The maximum Gasteiger partial charge on any atom is 0.250 e. The molecule has 7 heteroatoms. The number of β-amino-alcohol motifs (C(OH)–C–C–N with tert-alkyl or cyclic N) is 1. The van der Waals surface area contributed by atoms with E-state index in [2.05, 4.69) is 0 Å². The lowest BCUT2D eigenvalue weighted by molar-refractivity contribution is -0.130. The van der Waals surface area contributed by atoms with Crippen molar-refractivity contribution in [3.05, 3.63) is 64.8 Å². The normalized spacial score (nSPS) is 19.8. The molecule has 0 spiro atoms. The third-order valence-corrected chi connectivity index (χ3v) is 4.14. The number of halogens is 1. The summed E-state index contributed by atoms with van der Waals surface area (Å²) in [7, 11) is 0. The molecule has 1 aromatic heterocycles. The van der Waals surface area contributed by atoms with Crippen LogP contribution >= 0.6 is 0 Å². The molecule has 0 aliphatic carbocycles. The van der Waals surface area contributed by atoms with Crippen molar-refractivity contribution < 1.29 is 19.0 Å². The minimum Gasteiger partial charge on any atom is -0.486 e. The lowest BCUT2D eigenvalue weighted by Gasteiger charge is -2.17. The summed E-state index contributed by atoms with van der Waals surface area (Å²) in [6.07, 6.45) is 0.338. The zero-order chi connectivity index (χ0) is 17.8. The van der Waals surface area contributed by atoms with Crippen LogP contribution in [0, 0.1) is 5.82 Å². The zero-order valence-corrected chi connectivity index (χ0v) is 13.5. The maximum absolute atomic E-state index is 13.2. The van der Waals surface area contributed by atoms with Crippen LogP contribution in [0.2, 0.25) is 0 Å². The van der Waals surface area contributed by atoms with Gasteiger partial charge in [0, 0.05) is 31.3 Å². The quantitative estimate of drug-likeness (QED) is 0.878. The molecule has 1 N–H and O–H groups in total. The smallest absolute Gasteiger partial charge is 0.250 e. The van der Waals surface area contributed by atoms with Crippen molar-refractivity contribution in [2.24, 2.45) is 0 Å². The highest BCUT2D eigenvalue weighted by atomic mass is 19.1. The second-order valence-corrected chi connectivity index (χ2v) is 5.96. The molecule has 2 aromatic rings. The van der Waals surface area contributed by atoms with Gasteiger partial charge in [-0.05, 0) is 18.2 Å². The van der Waals surface area contributed by atoms with Gasteiger partial charge in [-0.3, -0.25) is 9.59 Å². The Hall–Kier alpha value is -2.67. The number of likely N-dealkylation sites (tertiary alicyclic amines) is 1. The summed E-state index contributed by atoms with van der Waals surface area (Å²) in [5.41, 5.74) is -0.163. The number of ether oxygens (including phenoxy) is 1. The predicted molar refractivity (Wildman–Crippen MR) is 88.7 cm³/mol. The zero-order valence-electron chi connectivity index (χ0n) is 13.5. The number of carbonyl (C=O) groups excluding carboxylic acids is 1. The molecule has 0 unspecified atom stereocenters. The van der Waals surface area contributed by atoms with Crippen LogP contribution < -0.4 is 10.3 Å². The first-order valence-corrected chi connectivity index (χ1v) is 8.06. The average Bonchev–Trinajstić information content (AvgIpc) is 2.95. The second kappa shape index (κ2) is 7.48. The first-order valence-electron chi connectivity index (χ1n) is 8.06. The van der Waals surface area contributed by atoms with E-state index in [1.54, 1.807) is 24.4 Å². The van der Waals surface area contributed by atoms with Gasteiger partial charge in [0.25, 0.3) is 5.56 Å². The van der Waals surface area contributed by atoms with Crippen LogP contribution in [0.1, 0.15) is 6.42 Å². The Morgan fingerprint density at radius 1 is 1.24 bits per heavy atom. The number of pyridine rings is 1. The number of benzene rings is 1. The first kappa shape index (κ1) is 17.2. The van der Waals surface area contributed by atoms with E-state index in [0.717, 1.165) is 0 Å². The third-order valence-electron chi connectivity index (χ3n) is 4.14. The number of carbonyl (C=O) groups is 1. The lowest BCUT2D eigenvalue weighted by Crippen LogP contribution is -2.32. The number of hydrogen-bond donors (Lipinski definition) is 1. The van der Waals surface area contributed by atoms with Gasteiger partial charge in [0.1, 0.15) is 23.8 Å². The molecule has 132 valence electrons. The highest BCUT2D eigenvalue weighted by Crippen LogP contribution is 2.20. The summed E-state index contributed by atoms with van der Waals surface area (Å²) < 4.78 is 20.3. The molecule has 25 heavy (non-hydrogen) atoms. The molecule has 0 saturated carbocycles. The van der Waals surface area contributed by atoms with Crippen LogP contribution in [-0.4, -0.2) is 45.8 Å². The van der Waals surface area contributed by atoms with Gasteiger partial charge in [-0.2, -0.15) is 0 Å². The number of aliphatic hydroxyl groups is 1. The number of hydrogen-bond acceptors (Lipinski definition) is 4. The van der Waals surface area contributed by atoms with Crippen LogP contribution in [-0.2, 0) is 11.3 Å². The summed E-state index contributed by atoms with van der Waals surface area (Å²) in [5.74, 6) is -0.277. The fourth-order valence-electron chi connectivity index (χ4n) is 2.81. The van der Waals surface area contributed by atoms with E-state index in [0.29, 0.717) is 5.75 Å². The number of rotatable bonds is 5. The Morgan fingerprint density at radius 3 is 2.84 bits per heavy atom. The molecular weight excluding hydrogens is 327 g/mol. The molecule has 0 bridgehead atoms. The van der Waals surface area contributed by atoms with Gasteiger partial charge in [-0.1, -0.05) is 12.1 Å². The Kier molecular flexibility index (Phi) is 5.14. The van der Waals surface area contributed by atoms with E-state index in [-0.39, 0.29) is 37.5 Å². The number of amides is 1. The maximum atomic E-state index is 13.2. The molecule has 1 aliphatic heterocycles. The number of aryl methyl sites for hydroxylation is 1. The minimum absolute atomic E-state index is 0.155. The first-order chi connectivity index (χ1) is 12.0. The summed E-state index contributed by atoms with van der Waals surface area (Å²) in [6, 6.07) is 10.5. The van der Waals surface area contributed by atoms with Gasteiger partial charge in [0.2, 0.25) is 5.91 Å². The molecule has 0 radical (unpaired) electrons. The van der Waals surface area contributed by atoms with Crippen LogP contribution in [0.25, 0.3) is 0 Å². The van der Waals surface area contributed by atoms with Crippen molar-refractivity contribution in [1.29, 1.82) is 0 Å². The van der Waals surface area contributed by atoms with E-state index in [4.69, 9.17) is 4.74 Å². The van der Waals surface area contributed by atoms with Crippen LogP contribution in [0.4, 0.5) is 4.39 Å². The molecule has 1 fully saturated rings. The topological polar surface area (TPSA) is 71.8 Å². The minimum atomic E-state index is -0.841. The van der Waals surface area contributed by atoms with Gasteiger partial charge in [0.05, 0.1) is 13.1 Å². The van der Waals surface area contributed by atoms with Crippen LogP contribution in [0.15, 0.2) is 53.5 Å². The summed E-state index contributed by atoms with van der Waals surface area (Å²) >= 11 is 0. The molecular formula is C18H19FN2O4. The van der Waals surface area contributed by atoms with Crippen molar-refractivity contribution in [3.63, 3.8) is 0 Å². The molecule has 2 atom stereocenters. The van der Waals surface area contributed by atoms with Gasteiger partial charge in [-0.15, -0.1) is 0 Å².